The maximum absolute atomic E-state index is 13.2. The van der Waals surface area contributed by atoms with E-state index in [1.807, 2.05) is 12.1 Å². The molecule has 0 radical (unpaired) electrons. The van der Waals surface area contributed by atoms with Gasteiger partial charge in [0.15, 0.2) is 0 Å². The van der Waals surface area contributed by atoms with Crippen molar-refractivity contribution in [3.63, 3.8) is 0 Å². The van der Waals surface area contributed by atoms with Crippen molar-refractivity contribution in [2.45, 2.75) is 30.2 Å². The zero-order valence-electron chi connectivity index (χ0n) is 19.1. The molecule has 2 atom stereocenters. The van der Waals surface area contributed by atoms with Crippen LogP contribution in [-0.2, 0) is 31.2 Å². The molecule has 35 heavy (non-hydrogen) atoms. The SMILES string of the molecule is C[S@@](=O)N(O)C(=O)[C@@H](NS(=O)(=O)c1ccc(Oc2ccc(Br)cc2)cc1)C(C)(C)c1ccccn1. The number of sulfonamides is 1. The summed E-state index contributed by atoms with van der Waals surface area (Å²) in [6.45, 7) is 3.20. The molecule has 1 amide bonds. The molecule has 2 aromatic carbocycles. The second-order valence-corrected chi connectivity index (χ2v) is 11.9. The van der Waals surface area contributed by atoms with Gasteiger partial charge in [-0.15, -0.1) is 4.47 Å². The van der Waals surface area contributed by atoms with E-state index in [0.717, 1.165) is 10.7 Å². The molecule has 0 unspecified atom stereocenters. The van der Waals surface area contributed by atoms with Crippen LogP contribution in [-0.4, -0.2) is 45.5 Å². The van der Waals surface area contributed by atoms with Gasteiger partial charge in [0.2, 0.25) is 10.0 Å². The minimum absolute atomic E-state index is 0.00697. The molecule has 0 aliphatic carbocycles. The predicted molar refractivity (Wildman–Crippen MR) is 135 cm³/mol. The first-order valence-electron chi connectivity index (χ1n) is 10.3. The van der Waals surface area contributed by atoms with Gasteiger partial charge in [-0.1, -0.05) is 35.8 Å². The standard InChI is InChI=1S/C23H24BrN3O6S2/c1-23(2,20-6-4-5-15-25-20)21(22(28)27(29)34(3)30)26-35(31,32)19-13-11-18(12-14-19)33-17-9-7-16(24)8-10-17/h4-15,21,26,29H,1-3H3/t21-,34-/m1/s1. The van der Waals surface area contributed by atoms with Crippen molar-refractivity contribution in [3.05, 3.63) is 83.1 Å². The molecule has 0 fully saturated rings. The molecule has 0 aliphatic heterocycles. The molecule has 3 aromatic rings. The highest BCUT2D eigenvalue weighted by atomic mass is 79.9. The van der Waals surface area contributed by atoms with Gasteiger partial charge in [0.05, 0.1) is 4.90 Å². The first kappa shape index (κ1) is 27.0. The molecule has 0 spiro atoms. The molecule has 9 nitrogen and oxygen atoms in total. The highest BCUT2D eigenvalue weighted by molar-refractivity contribution is 9.10. The summed E-state index contributed by atoms with van der Waals surface area (Å²) < 4.78 is 47.2. The van der Waals surface area contributed by atoms with Gasteiger partial charge in [-0.2, -0.15) is 4.72 Å². The van der Waals surface area contributed by atoms with E-state index in [1.165, 1.54) is 30.5 Å². The quantitative estimate of drug-likeness (QED) is 0.291. The van der Waals surface area contributed by atoms with Crippen molar-refractivity contribution < 1.29 is 27.4 Å². The van der Waals surface area contributed by atoms with E-state index in [4.69, 9.17) is 4.74 Å². The molecule has 0 saturated heterocycles. The fraction of sp³-hybridized carbons (Fsp3) is 0.217. The molecule has 12 heteroatoms. The van der Waals surface area contributed by atoms with Crippen LogP contribution >= 0.6 is 15.9 Å². The number of rotatable bonds is 9. The molecule has 186 valence electrons. The van der Waals surface area contributed by atoms with Crippen LogP contribution < -0.4 is 9.46 Å². The number of amides is 1. The number of hydrogen-bond donors (Lipinski definition) is 2. The molecule has 0 bridgehead atoms. The highest BCUT2D eigenvalue weighted by Crippen LogP contribution is 2.29. The van der Waals surface area contributed by atoms with Gasteiger partial charge in [0.1, 0.15) is 28.5 Å². The van der Waals surface area contributed by atoms with Crippen molar-refractivity contribution in [3.8, 4) is 11.5 Å². The van der Waals surface area contributed by atoms with Crippen molar-refractivity contribution in [2.24, 2.45) is 0 Å². The predicted octanol–water partition coefficient (Wildman–Crippen LogP) is 3.77. The van der Waals surface area contributed by atoms with Crippen LogP contribution in [0.3, 0.4) is 0 Å². The Hall–Kier alpha value is -2.64. The first-order valence-corrected chi connectivity index (χ1v) is 14.0. The minimum Gasteiger partial charge on any atom is -0.457 e. The summed E-state index contributed by atoms with van der Waals surface area (Å²) in [5, 5.41) is 10.0. The molecular formula is C23H24BrN3O6S2. The summed E-state index contributed by atoms with van der Waals surface area (Å²) >= 11 is 3.34. The third-order valence-corrected chi connectivity index (χ3v) is 7.82. The van der Waals surface area contributed by atoms with E-state index >= 15 is 0 Å². The Kier molecular flexibility index (Phi) is 8.44. The lowest BCUT2D eigenvalue weighted by molar-refractivity contribution is -0.148. The molecule has 3 rings (SSSR count). The number of halogens is 1. The Balaban J connectivity index is 1.90. The van der Waals surface area contributed by atoms with E-state index in [1.54, 1.807) is 44.2 Å². The average molecular weight is 582 g/mol. The Morgan fingerprint density at radius 1 is 1.09 bits per heavy atom. The summed E-state index contributed by atoms with van der Waals surface area (Å²) in [7, 11) is -6.33. The second kappa shape index (κ2) is 11.0. The number of hydroxylamine groups is 1. The number of carbonyl (C=O) groups excluding carboxylic acids is 1. The van der Waals surface area contributed by atoms with Crippen molar-refractivity contribution in [1.29, 1.82) is 0 Å². The minimum atomic E-state index is -4.25. The summed E-state index contributed by atoms with van der Waals surface area (Å²) in [5.41, 5.74) is -0.814. The molecular weight excluding hydrogens is 558 g/mol. The van der Waals surface area contributed by atoms with E-state index in [9.17, 15) is 22.6 Å². The zero-order valence-corrected chi connectivity index (χ0v) is 22.3. The Labute approximate surface area is 214 Å². The topological polar surface area (TPSA) is 126 Å². The van der Waals surface area contributed by atoms with E-state index in [0.29, 0.717) is 17.2 Å². The van der Waals surface area contributed by atoms with Crippen LogP contribution in [0.15, 0.2) is 82.3 Å². The summed E-state index contributed by atoms with van der Waals surface area (Å²) in [5.74, 6) is -0.101. The first-order chi connectivity index (χ1) is 16.4. The van der Waals surface area contributed by atoms with E-state index < -0.39 is 38.4 Å². The van der Waals surface area contributed by atoms with Crippen molar-refractivity contribution >= 4 is 42.8 Å². The highest BCUT2D eigenvalue weighted by Gasteiger charge is 2.43. The smallest absolute Gasteiger partial charge is 0.277 e. The van der Waals surface area contributed by atoms with Gasteiger partial charge in [-0.05, 0) is 60.7 Å². The Morgan fingerprint density at radius 3 is 2.17 bits per heavy atom. The molecule has 2 N–H and O–H groups in total. The van der Waals surface area contributed by atoms with Gasteiger partial charge in [0.25, 0.3) is 5.91 Å². The monoisotopic (exact) mass is 581 g/mol. The fourth-order valence-corrected chi connectivity index (χ4v) is 5.14. The van der Waals surface area contributed by atoms with Crippen molar-refractivity contribution in [2.75, 3.05) is 6.26 Å². The Morgan fingerprint density at radius 2 is 1.66 bits per heavy atom. The van der Waals surface area contributed by atoms with E-state index in [-0.39, 0.29) is 9.36 Å². The Bertz CT molecular complexity index is 1300. The maximum Gasteiger partial charge on any atom is 0.277 e. The molecule has 0 saturated carbocycles. The number of carbonyl (C=O) groups is 1. The number of pyridine rings is 1. The lowest BCUT2D eigenvalue weighted by Crippen LogP contribution is -2.57. The van der Waals surface area contributed by atoms with Gasteiger partial charge >= 0.3 is 0 Å². The number of ether oxygens (including phenoxy) is 1. The number of hydrogen-bond acceptors (Lipinski definition) is 7. The maximum atomic E-state index is 13.2. The fourth-order valence-electron chi connectivity index (χ4n) is 3.18. The molecule has 1 aromatic heterocycles. The lowest BCUT2D eigenvalue weighted by atomic mass is 9.81. The summed E-state index contributed by atoms with van der Waals surface area (Å²) in [6.07, 6.45) is 2.60. The van der Waals surface area contributed by atoms with Crippen LogP contribution in [0.1, 0.15) is 19.5 Å². The van der Waals surface area contributed by atoms with Crippen LogP contribution in [0, 0.1) is 0 Å². The van der Waals surface area contributed by atoms with Gasteiger partial charge in [-0.25, -0.2) is 12.6 Å². The number of benzene rings is 2. The van der Waals surface area contributed by atoms with Gasteiger partial charge < -0.3 is 4.74 Å². The number of nitrogens with zero attached hydrogens (tertiary/aromatic N) is 2. The summed E-state index contributed by atoms with van der Waals surface area (Å²) in [4.78, 5) is 17.1. The lowest BCUT2D eigenvalue weighted by Gasteiger charge is -2.34. The largest absolute Gasteiger partial charge is 0.457 e. The number of aromatic nitrogens is 1. The molecule has 1 heterocycles. The third-order valence-electron chi connectivity index (χ3n) is 5.18. The zero-order chi connectivity index (χ0) is 25.8. The van der Waals surface area contributed by atoms with Crippen molar-refractivity contribution in [1.82, 2.24) is 14.2 Å². The van der Waals surface area contributed by atoms with E-state index in [2.05, 4.69) is 25.6 Å². The molecule has 0 aliphatic rings. The van der Waals surface area contributed by atoms with Gasteiger partial charge in [0, 0.05) is 28.0 Å². The average Bonchev–Trinajstić information content (AvgIpc) is 2.84. The normalized spacial score (nSPS) is 13.6. The van der Waals surface area contributed by atoms with Crippen LogP contribution in [0.5, 0.6) is 11.5 Å². The third kappa shape index (κ3) is 6.53. The van der Waals surface area contributed by atoms with Crippen LogP contribution in [0.4, 0.5) is 0 Å². The van der Waals surface area contributed by atoms with Crippen LogP contribution in [0.2, 0.25) is 0 Å². The number of nitrogens with one attached hydrogen (secondary N) is 1. The van der Waals surface area contributed by atoms with Gasteiger partial charge in [-0.3, -0.25) is 15.0 Å². The summed E-state index contributed by atoms with van der Waals surface area (Å²) in [6, 6.07) is 16.3. The van der Waals surface area contributed by atoms with Crippen LogP contribution in [0.25, 0.3) is 0 Å². The second-order valence-electron chi connectivity index (χ2n) is 8.05.